The number of fused-ring (bicyclic) bond motifs is 1. The van der Waals surface area contributed by atoms with Gasteiger partial charge >= 0.3 is 0 Å². The lowest BCUT2D eigenvalue weighted by Crippen LogP contribution is -2.47. The van der Waals surface area contributed by atoms with Gasteiger partial charge < -0.3 is 21.1 Å². The van der Waals surface area contributed by atoms with Crippen LogP contribution in [0.25, 0.3) is 22.3 Å². The lowest BCUT2D eigenvalue weighted by Gasteiger charge is -2.31. The van der Waals surface area contributed by atoms with Crippen molar-refractivity contribution in [3.8, 4) is 17.0 Å². The molecule has 2 aliphatic rings. The number of phenols is 1. The highest BCUT2D eigenvalue weighted by Gasteiger charge is 2.28. The van der Waals surface area contributed by atoms with Crippen molar-refractivity contribution in [2.75, 3.05) is 11.9 Å². The summed E-state index contributed by atoms with van der Waals surface area (Å²) in [6.07, 6.45) is 6.76. The molecule has 0 radical (unpaired) electrons. The van der Waals surface area contributed by atoms with E-state index in [0.29, 0.717) is 33.5 Å². The number of ketones is 1. The summed E-state index contributed by atoms with van der Waals surface area (Å²) in [5.41, 5.74) is 2.94. The number of carbonyl (C=O) groups excluding carboxylic acids is 2. The number of phenolic OH excluding ortho intramolecular Hbond substituents is 1. The minimum absolute atomic E-state index is 0.0791. The topological polar surface area (TPSA) is 116 Å². The molecule has 1 aliphatic heterocycles. The van der Waals surface area contributed by atoms with Gasteiger partial charge in [0, 0.05) is 23.8 Å². The monoisotopic (exact) mass is 525 g/mol. The van der Waals surface area contributed by atoms with Crippen LogP contribution >= 0.6 is 11.6 Å². The molecule has 8 nitrogen and oxygen atoms in total. The molecule has 0 unspecified atom stereocenters. The molecule has 3 aromatic rings. The summed E-state index contributed by atoms with van der Waals surface area (Å²) in [5.74, 6) is -1.52. The van der Waals surface area contributed by atoms with Gasteiger partial charge in [0.15, 0.2) is 17.3 Å². The second-order valence-corrected chi connectivity index (χ2v) is 10.2. The van der Waals surface area contributed by atoms with Gasteiger partial charge in [0.05, 0.1) is 33.5 Å². The van der Waals surface area contributed by atoms with Gasteiger partial charge in [-0.15, -0.1) is 0 Å². The molecule has 37 heavy (non-hydrogen) atoms. The Morgan fingerprint density at radius 2 is 1.89 bits per heavy atom. The largest absolute Gasteiger partial charge is 0.504 e. The number of aromatic nitrogens is 2. The van der Waals surface area contributed by atoms with E-state index in [0.717, 1.165) is 45.1 Å². The van der Waals surface area contributed by atoms with Gasteiger partial charge in [0.2, 0.25) is 5.91 Å². The molecule has 1 saturated heterocycles. The van der Waals surface area contributed by atoms with Gasteiger partial charge in [0.25, 0.3) is 0 Å². The molecule has 5 rings (SSSR count). The molecule has 0 bridgehead atoms. The first-order chi connectivity index (χ1) is 17.8. The molecule has 4 N–H and O–H groups in total. The fourth-order valence-corrected chi connectivity index (χ4v) is 5.36. The number of amides is 1. The predicted molar refractivity (Wildman–Crippen MR) is 140 cm³/mol. The van der Waals surface area contributed by atoms with Crippen molar-refractivity contribution in [3.63, 3.8) is 0 Å². The second-order valence-electron chi connectivity index (χ2n) is 9.81. The molecule has 3 heterocycles. The van der Waals surface area contributed by atoms with E-state index < -0.39 is 11.6 Å². The van der Waals surface area contributed by atoms with Crippen LogP contribution in [-0.2, 0) is 4.79 Å². The Morgan fingerprint density at radius 3 is 2.57 bits per heavy atom. The van der Waals surface area contributed by atoms with Crippen LogP contribution in [0.5, 0.6) is 5.75 Å². The highest BCUT2D eigenvalue weighted by Crippen LogP contribution is 2.34. The summed E-state index contributed by atoms with van der Waals surface area (Å²) >= 11 is 5.98. The van der Waals surface area contributed by atoms with Crippen LogP contribution < -0.4 is 16.0 Å². The number of pyridine rings is 2. The van der Waals surface area contributed by atoms with Crippen molar-refractivity contribution in [1.82, 2.24) is 20.6 Å². The minimum Gasteiger partial charge on any atom is -0.504 e. The van der Waals surface area contributed by atoms with Gasteiger partial charge in [-0.25, -0.2) is 9.37 Å². The highest BCUT2D eigenvalue weighted by molar-refractivity contribution is 6.32. The van der Waals surface area contributed by atoms with E-state index in [1.54, 1.807) is 18.3 Å². The number of halogens is 2. The van der Waals surface area contributed by atoms with Crippen molar-refractivity contribution in [3.05, 3.63) is 46.9 Å². The molecule has 1 saturated carbocycles. The van der Waals surface area contributed by atoms with E-state index in [4.69, 9.17) is 16.6 Å². The quantitative estimate of drug-likeness (QED) is 0.348. The average Bonchev–Trinajstić information content (AvgIpc) is 3.43. The summed E-state index contributed by atoms with van der Waals surface area (Å²) in [5, 5.41) is 19.5. The number of anilines is 1. The van der Waals surface area contributed by atoms with Crippen molar-refractivity contribution in [2.24, 2.45) is 0 Å². The Bertz CT molecular complexity index is 1330. The zero-order valence-corrected chi connectivity index (χ0v) is 21.2. The van der Waals surface area contributed by atoms with Crippen molar-refractivity contribution < 1.29 is 19.1 Å². The predicted octanol–water partition coefficient (Wildman–Crippen LogP) is 4.59. The molecule has 2 aromatic heterocycles. The number of nitrogens with one attached hydrogen (secondary N) is 3. The molecule has 194 valence electrons. The molecule has 1 aromatic carbocycles. The Hall–Kier alpha value is -3.30. The number of hydrogen-bond donors (Lipinski definition) is 4. The van der Waals surface area contributed by atoms with Crippen LogP contribution in [0.2, 0.25) is 5.02 Å². The van der Waals surface area contributed by atoms with Crippen LogP contribution in [0.3, 0.4) is 0 Å². The van der Waals surface area contributed by atoms with Crippen molar-refractivity contribution >= 4 is 40.0 Å². The number of nitrogens with zero attached hydrogens (tertiary/aromatic N) is 2. The lowest BCUT2D eigenvalue weighted by molar-refractivity contribution is -0.123. The first-order valence-corrected chi connectivity index (χ1v) is 13.0. The number of Topliss-reactive ketones (excluding diaryl/α,β-unsaturated/α-hetero) is 1. The standard InChI is InChI=1S/C27H29ClFN5O3/c1-14(35)18-13-31-22-9-8-21(15-11-19(28)26(36)20(29)12-15)34-25(22)24(18)32-16-4-6-17(7-5-16)33-27(37)23-3-2-10-30-23/h8-9,11-13,16-17,23,30,36H,2-7,10H2,1H3,(H,31,32)(H,33,37)/t16?,17?,23-/m0/s1. The molecule has 1 aliphatic carbocycles. The fourth-order valence-electron chi connectivity index (χ4n) is 5.15. The van der Waals surface area contributed by atoms with Crippen LogP contribution in [0.4, 0.5) is 10.1 Å². The number of benzene rings is 1. The third-order valence-corrected chi connectivity index (χ3v) is 7.49. The van der Waals surface area contributed by atoms with Crippen LogP contribution in [0.15, 0.2) is 30.5 Å². The van der Waals surface area contributed by atoms with Crippen LogP contribution in [-0.4, -0.2) is 51.4 Å². The van der Waals surface area contributed by atoms with Gasteiger partial charge in [-0.1, -0.05) is 11.6 Å². The molecular formula is C27H29ClFN5O3. The Kier molecular flexibility index (Phi) is 7.26. The molecule has 2 fully saturated rings. The van der Waals surface area contributed by atoms with Crippen molar-refractivity contribution in [1.29, 1.82) is 0 Å². The molecule has 1 atom stereocenters. The van der Waals surface area contributed by atoms with Crippen LogP contribution in [0, 0.1) is 5.82 Å². The van der Waals surface area contributed by atoms with Crippen LogP contribution in [0.1, 0.15) is 55.8 Å². The number of aromatic hydroxyl groups is 1. The van der Waals surface area contributed by atoms with E-state index in [1.807, 2.05) is 0 Å². The molecule has 1 amide bonds. The van der Waals surface area contributed by atoms with Gasteiger partial charge in [0.1, 0.15) is 5.52 Å². The zero-order chi connectivity index (χ0) is 26.1. The Morgan fingerprint density at radius 1 is 1.14 bits per heavy atom. The smallest absolute Gasteiger partial charge is 0.237 e. The summed E-state index contributed by atoms with van der Waals surface area (Å²) in [4.78, 5) is 34.1. The summed E-state index contributed by atoms with van der Waals surface area (Å²) in [6, 6.07) is 6.20. The van der Waals surface area contributed by atoms with Crippen molar-refractivity contribution in [2.45, 2.75) is 63.6 Å². The van der Waals surface area contributed by atoms with Gasteiger partial charge in [-0.2, -0.15) is 0 Å². The number of hydrogen-bond acceptors (Lipinski definition) is 7. The molecular weight excluding hydrogens is 497 g/mol. The van der Waals surface area contributed by atoms with E-state index in [2.05, 4.69) is 20.9 Å². The third kappa shape index (κ3) is 5.38. The molecule has 0 spiro atoms. The number of rotatable bonds is 6. The SMILES string of the molecule is CC(=O)c1cnc2ccc(-c3cc(F)c(O)c(Cl)c3)nc2c1NC1CCC(NC(=O)[C@@H]2CCCN2)CC1. The molecule has 10 heteroatoms. The third-order valence-electron chi connectivity index (χ3n) is 7.20. The minimum atomic E-state index is -0.842. The van der Waals surface area contributed by atoms with E-state index in [-0.39, 0.29) is 34.8 Å². The van der Waals surface area contributed by atoms with Gasteiger partial charge in [-0.3, -0.25) is 14.6 Å². The summed E-state index contributed by atoms with van der Waals surface area (Å²) < 4.78 is 14.1. The maximum atomic E-state index is 14.1. The highest BCUT2D eigenvalue weighted by atomic mass is 35.5. The first kappa shape index (κ1) is 25.4. The Balaban J connectivity index is 1.38. The maximum Gasteiger partial charge on any atom is 0.237 e. The second kappa shape index (κ2) is 10.6. The fraction of sp³-hybridized carbons (Fsp3) is 0.407. The van der Waals surface area contributed by atoms with E-state index in [9.17, 15) is 19.1 Å². The van der Waals surface area contributed by atoms with E-state index >= 15 is 0 Å². The lowest BCUT2D eigenvalue weighted by atomic mass is 9.90. The maximum absolute atomic E-state index is 14.1. The first-order valence-electron chi connectivity index (χ1n) is 12.6. The summed E-state index contributed by atoms with van der Waals surface area (Å²) in [7, 11) is 0. The van der Waals surface area contributed by atoms with Gasteiger partial charge in [-0.05, 0) is 76.3 Å². The summed E-state index contributed by atoms with van der Waals surface area (Å²) in [6.45, 7) is 2.37. The normalized spacial score (nSPS) is 21.6. The van der Waals surface area contributed by atoms with E-state index in [1.165, 1.54) is 19.1 Å². The average molecular weight is 526 g/mol. The Labute approximate surface area is 219 Å². The number of carbonyl (C=O) groups is 2. The zero-order valence-electron chi connectivity index (χ0n) is 20.5.